The van der Waals surface area contributed by atoms with Gasteiger partial charge < -0.3 is 4.74 Å². The Hall–Kier alpha value is -0.640. The second-order valence-electron chi connectivity index (χ2n) is 1.61. The van der Waals surface area contributed by atoms with E-state index in [2.05, 4.69) is 25.9 Å². The smallest absolute Gasteiger partial charge is 0.231 e. The van der Waals surface area contributed by atoms with Gasteiger partial charge in [0.05, 0.1) is 11.1 Å². The molecule has 0 aromatic carbocycles. The third-order valence-corrected chi connectivity index (χ3v) is 1.46. The van der Waals surface area contributed by atoms with Gasteiger partial charge in [0.15, 0.2) is 0 Å². The molecule has 0 saturated heterocycles. The summed E-state index contributed by atoms with van der Waals surface area (Å²) in [4.78, 5) is 7.68. The summed E-state index contributed by atoms with van der Waals surface area (Å²) in [6.07, 6.45) is 3.10. The normalized spacial score (nSPS) is 9.40. The van der Waals surface area contributed by atoms with Gasteiger partial charge in [0.25, 0.3) is 0 Å². The van der Waals surface area contributed by atoms with Gasteiger partial charge in [-0.1, -0.05) is 0 Å². The van der Waals surface area contributed by atoms with E-state index >= 15 is 0 Å². The highest BCUT2D eigenvalue weighted by atomic mass is 79.9. The third kappa shape index (κ3) is 1.67. The van der Waals surface area contributed by atoms with Gasteiger partial charge in [0, 0.05) is 6.20 Å². The molecule has 0 atom stereocenters. The van der Waals surface area contributed by atoms with E-state index in [1.165, 1.54) is 6.33 Å². The molecule has 0 radical (unpaired) electrons. The van der Waals surface area contributed by atoms with Gasteiger partial charge in [0.2, 0.25) is 5.88 Å². The fraction of sp³-hybridized carbons (Fsp3) is 0.333. The summed E-state index contributed by atoms with van der Waals surface area (Å²) < 4.78 is 5.93. The van der Waals surface area contributed by atoms with Crippen LogP contribution in [0.25, 0.3) is 0 Å². The standard InChI is InChI=1S/C6H7BrN2O/c1-2-10-6-5(7)3-8-4-9-6/h3-4H,2H2,1H3. The summed E-state index contributed by atoms with van der Waals surface area (Å²) in [5, 5.41) is 0. The topological polar surface area (TPSA) is 35.0 Å². The first-order valence-electron chi connectivity index (χ1n) is 2.93. The molecule has 4 heteroatoms. The maximum atomic E-state index is 5.14. The highest BCUT2D eigenvalue weighted by molar-refractivity contribution is 9.10. The molecular weight excluding hydrogens is 196 g/mol. The van der Waals surface area contributed by atoms with E-state index in [0.717, 1.165) is 4.47 Å². The molecule has 0 bridgehead atoms. The molecule has 0 saturated carbocycles. The zero-order chi connectivity index (χ0) is 7.40. The fourth-order valence-electron chi connectivity index (χ4n) is 0.544. The van der Waals surface area contributed by atoms with Crippen LogP contribution in [0.15, 0.2) is 17.0 Å². The van der Waals surface area contributed by atoms with Crippen molar-refractivity contribution in [2.45, 2.75) is 6.92 Å². The largest absolute Gasteiger partial charge is 0.477 e. The van der Waals surface area contributed by atoms with E-state index in [1.54, 1.807) is 6.20 Å². The van der Waals surface area contributed by atoms with E-state index in [9.17, 15) is 0 Å². The molecule has 0 aliphatic heterocycles. The van der Waals surface area contributed by atoms with Crippen molar-refractivity contribution in [1.29, 1.82) is 0 Å². The van der Waals surface area contributed by atoms with Crippen LogP contribution in [0.4, 0.5) is 0 Å². The summed E-state index contributed by atoms with van der Waals surface area (Å²) in [6, 6.07) is 0. The molecule has 0 amide bonds. The highest BCUT2D eigenvalue weighted by Crippen LogP contribution is 2.18. The molecule has 3 nitrogen and oxygen atoms in total. The lowest BCUT2D eigenvalue weighted by atomic mass is 10.6. The van der Waals surface area contributed by atoms with Crippen molar-refractivity contribution in [3.63, 3.8) is 0 Å². The number of rotatable bonds is 2. The van der Waals surface area contributed by atoms with Crippen LogP contribution < -0.4 is 4.74 Å². The molecule has 0 unspecified atom stereocenters. The van der Waals surface area contributed by atoms with E-state index in [0.29, 0.717) is 12.5 Å². The Balaban J connectivity index is 2.81. The van der Waals surface area contributed by atoms with Crippen molar-refractivity contribution in [3.8, 4) is 5.88 Å². The van der Waals surface area contributed by atoms with E-state index in [4.69, 9.17) is 4.74 Å². The molecule has 0 N–H and O–H groups in total. The number of ether oxygens (including phenoxy) is 1. The molecule has 0 aliphatic carbocycles. The van der Waals surface area contributed by atoms with Crippen LogP contribution in [0.5, 0.6) is 5.88 Å². The molecule has 10 heavy (non-hydrogen) atoms. The average molecular weight is 203 g/mol. The molecule has 1 aromatic heterocycles. The Morgan fingerprint density at radius 3 is 3.10 bits per heavy atom. The first-order chi connectivity index (χ1) is 4.84. The summed E-state index contributed by atoms with van der Waals surface area (Å²) >= 11 is 3.25. The van der Waals surface area contributed by atoms with Crippen LogP contribution in [0.3, 0.4) is 0 Å². The van der Waals surface area contributed by atoms with Crippen molar-refractivity contribution in [2.75, 3.05) is 6.61 Å². The minimum atomic E-state index is 0.595. The quantitative estimate of drug-likeness (QED) is 0.732. The molecule has 1 rings (SSSR count). The highest BCUT2D eigenvalue weighted by Gasteiger charge is 1.98. The van der Waals surface area contributed by atoms with Gasteiger partial charge in [-0.25, -0.2) is 9.97 Å². The predicted octanol–water partition coefficient (Wildman–Crippen LogP) is 1.64. The molecule has 54 valence electrons. The summed E-state index contributed by atoms with van der Waals surface area (Å²) in [5.41, 5.74) is 0. The summed E-state index contributed by atoms with van der Waals surface area (Å²) in [7, 11) is 0. The number of halogens is 1. The zero-order valence-electron chi connectivity index (χ0n) is 5.54. The van der Waals surface area contributed by atoms with Crippen LogP contribution >= 0.6 is 15.9 Å². The number of hydrogen-bond acceptors (Lipinski definition) is 3. The third-order valence-electron chi connectivity index (χ3n) is 0.915. The lowest BCUT2D eigenvalue weighted by Crippen LogP contribution is -1.95. The predicted molar refractivity (Wildman–Crippen MR) is 40.9 cm³/mol. The van der Waals surface area contributed by atoms with Gasteiger partial charge in [-0.05, 0) is 22.9 Å². The lowest BCUT2D eigenvalue weighted by molar-refractivity contribution is 0.323. The van der Waals surface area contributed by atoms with E-state index in [-0.39, 0.29) is 0 Å². The van der Waals surface area contributed by atoms with Gasteiger partial charge in [-0.3, -0.25) is 0 Å². The molecule has 1 heterocycles. The lowest BCUT2D eigenvalue weighted by Gasteiger charge is -2.00. The first kappa shape index (κ1) is 7.47. The van der Waals surface area contributed by atoms with Crippen molar-refractivity contribution in [1.82, 2.24) is 9.97 Å². The van der Waals surface area contributed by atoms with Crippen molar-refractivity contribution in [2.24, 2.45) is 0 Å². The Morgan fingerprint density at radius 2 is 2.50 bits per heavy atom. The molecule has 0 fully saturated rings. The molecule has 0 spiro atoms. The molecular formula is C6H7BrN2O. The van der Waals surface area contributed by atoms with Crippen molar-refractivity contribution < 1.29 is 4.74 Å². The van der Waals surface area contributed by atoms with Crippen molar-refractivity contribution >= 4 is 15.9 Å². The SMILES string of the molecule is CCOc1ncncc1Br. The van der Waals surface area contributed by atoms with Crippen LogP contribution in [0.2, 0.25) is 0 Å². The molecule has 0 aliphatic rings. The van der Waals surface area contributed by atoms with Gasteiger partial charge in [-0.15, -0.1) is 0 Å². The van der Waals surface area contributed by atoms with Crippen LogP contribution in [-0.2, 0) is 0 Å². The molecule has 1 aromatic rings. The zero-order valence-corrected chi connectivity index (χ0v) is 7.13. The van der Waals surface area contributed by atoms with Crippen LogP contribution in [-0.4, -0.2) is 16.6 Å². The monoisotopic (exact) mass is 202 g/mol. The maximum absolute atomic E-state index is 5.14. The number of hydrogen-bond donors (Lipinski definition) is 0. The number of aromatic nitrogens is 2. The fourth-order valence-corrected chi connectivity index (χ4v) is 0.879. The minimum Gasteiger partial charge on any atom is -0.477 e. The summed E-state index contributed by atoms with van der Waals surface area (Å²) in [6.45, 7) is 2.53. The van der Waals surface area contributed by atoms with Gasteiger partial charge >= 0.3 is 0 Å². The second kappa shape index (κ2) is 3.51. The van der Waals surface area contributed by atoms with E-state index in [1.807, 2.05) is 6.92 Å². The average Bonchev–Trinajstić information content (AvgIpc) is 1.94. The Morgan fingerprint density at radius 1 is 1.70 bits per heavy atom. The van der Waals surface area contributed by atoms with Crippen LogP contribution in [0.1, 0.15) is 6.92 Å². The van der Waals surface area contributed by atoms with E-state index < -0.39 is 0 Å². The summed E-state index contributed by atoms with van der Waals surface area (Å²) in [5.74, 6) is 0.595. The van der Waals surface area contributed by atoms with Crippen LogP contribution in [0, 0.1) is 0 Å². The Labute approximate surface area is 67.6 Å². The Bertz CT molecular complexity index is 217. The van der Waals surface area contributed by atoms with Crippen molar-refractivity contribution in [3.05, 3.63) is 17.0 Å². The first-order valence-corrected chi connectivity index (χ1v) is 3.72. The second-order valence-corrected chi connectivity index (χ2v) is 2.46. The maximum Gasteiger partial charge on any atom is 0.231 e. The Kier molecular flexibility index (Phi) is 2.62. The minimum absolute atomic E-state index is 0.595. The number of nitrogens with zero attached hydrogens (tertiary/aromatic N) is 2. The van der Waals surface area contributed by atoms with Gasteiger partial charge in [-0.2, -0.15) is 0 Å². The van der Waals surface area contributed by atoms with Gasteiger partial charge in [0.1, 0.15) is 6.33 Å².